The fourth-order valence-electron chi connectivity index (χ4n) is 1.16. The molecular formula is C10H14BrNO. The lowest BCUT2D eigenvalue weighted by Gasteiger charge is -2.24. The Labute approximate surface area is 87.2 Å². The third kappa shape index (κ3) is 2.30. The minimum atomic E-state index is -0.454. The summed E-state index contributed by atoms with van der Waals surface area (Å²) in [6.07, 6.45) is 0. The van der Waals surface area contributed by atoms with Gasteiger partial charge in [0.1, 0.15) is 5.60 Å². The zero-order valence-electron chi connectivity index (χ0n) is 8.10. The highest BCUT2D eigenvalue weighted by molar-refractivity contribution is 9.10. The molecule has 0 radical (unpaired) electrons. The van der Waals surface area contributed by atoms with Gasteiger partial charge in [-0.3, -0.25) is 4.84 Å². The van der Waals surface area contributed by atoms with Crippen molar-refractivity contribution in [1.82, 2.24) is 0 Å². The molecule has 0 unspecified atom stereocenters. The number of aryl methyl sites for hydroxylation is 1. The first-order valence-electron chi connectivity index (χ1n) is 4.12. The Bertz CT molecular complexity index is 310. The van der Waals surface area contributed by atoms with Crippen LogP contribution in [0.1, 0.15) is 25.0 Å². The molecule has 0 aromatic heterocycles. The molecule has 1 aromatic carbocycles. The van der Waals surface area contributed by atoms with Crippen molar-refractivity contribution in [3.05, 3.63) is 33.8 Å². The summed E-state index contributed by atoms with van der Waals surface area (Å²) in [6, 6.07) is 6.11. The van der Waals surface area contributed by atoms with E-state index in [-0.39, 0.29) is 0 Å². The molecular weight excluding hydrogens is 230 g/mol. The maximum Gasteiger partial charge on any atom is 0.110 e. The summed E-state index contributed by atoms with van der Waals surface area (Å²) >= 11 is 3.47. The SMILES string of the molecule is Cc1ccc(Br)c(C(C)(C)ON)c1. The van der Waals surface area contributed by atoms with E-state index in [9.17, 15) is 0 Å². The van der Waals surface area contributed by atoms with Crippen LogP contribution in [0, 0.1) is 6.92 Å². The summed E-state index contributed by atoms with van der Waals surface area (Å²) in [4.78, 5) is 4.93. The third-order valence-electron chi connectivity index (χ3n) is 2.07. The Kier molecular flexibility index (Phi) is 3.11. The van der Waals surface area contributed by atoms with E-state index in [0.717, 1.165) is 10.0 Å². The number of rotatable bonds is 2. The molecule has 0 spiro atoms. The van der Waals surface area contributed by atoms with Crippen molar-refractivity contribution in [3.8, 4) is 0 Å². The van der Waals surface area contributed by atoms with Crippen LogP contribution in [0.4, 0.5) is 0 Å². The van der Waals surface area contributed by atoms with E-state index in [1.165, 1.54) is 5.56 Å². The molecule has 2 nitrogen and oxygen atoms in total. The molecule has 72 valence electrons. The highest BCUT2D eigenvalue weighted by Gasteiger charge is 2.22. The lowest BCUT2D eigenvalue weighted by molar-refractivity contribution is -0.0241. The zero-order chi connectivity index (χ0) is 10.1. The molecule has 1 aromatic rings. The van der Waals surface area contributed by atoms with E-state index >= 15 is 0 Å². The first-order valence-corrected chi connectivity index (χ1v) is 4.91. The zero-order valence-corrected chi connectivity index (χ0v) is 9.68. The molecule has 0 bridgehead atoms. The number of hydrogen-bond acceptors (Lipinski definition) is 2. The lowest BCUT2D eigenvalue weighted by Crippen LogP contribution is -2.25. The van der Waals surface area contributed by atoms with E-state index in [2.05, 4.69) is 22.0 Å². The van der Waals surface area contributed by atoms with Crippen molar-refractivity contribution in [1.29, 1.82) is 0 Å². The number of hydrogen-bond donors (Lipinski definition) is 1. The average Bonchev–Trinajstić information content (AvgIpc) is 2.09. The Morgan fingerprint density at radius 2 is 2.00 bits per heavy atom. The lowest BCUT2D eigenvalue weighted by atomic mass is 9.97. The summed E-state index contributed by atoms with van der Waals surface area (Å²) < 4.78 is 1.02. The van der Waals surface area contributed by atoms with Crippen molar-refractivity contribution < 1.29 is 4.84 Å². The van der Waals surface area contributed by atoms with E-state index in [1.807, 2.05) is 32.9 Å². The van der Waals surface area contributed by atoms with Crippen molar-refractivity contribution in [3.63, 3.8) is 0 Å². The second kappa shape index (κ2) is 3.78. The first kappa shape index (κ1) is 10.7. The van der Waals surface area contributed by atoms with Gasteiger partial charge in [-0.1, -0.05) is 33.6 Å². The minimum Gasteiger partial charge on any atom is -0.294 e. The minimum absolute atomic E-state index is 0.454. The van der Waals surface area contributed by atoms with Gasteiger partial charge in [-0.2, -0.15) is 0 Å². The van der Waals surface area contributed by atoms with Gasteiger partial charge in [0, 0.05) is 4.47 Å². The van der Waals surface area contributed by atoms with Gasteiger partial charge in [0.2, 0.25) is 0 Å². The van der Waals surface area contributed by atoms with Crippen LogP contribution < -0.4 is 5.90 Å². The molecule has 0 aliphatic heterocycles. The Morgan fingerprint density at radius 3 is 2.54 bits per heavy atom. The molecule has 0 saturated carbocycles. The number of nitrogens with two attached hydrogens (primary N) is 1. The topological polar surface area (TPSA) is 35.2 Å². The van der Waals surface area contributed by atoms with Gasteiger partial charge in [0.05, 0.1) is 0 Å². The van der Waals surface area contributed by atoms with Gasteiger partial charge in [0.25, 0.3) is 0 Å². The van der Waals surface area contributed by atoms with Gasteiger partial charge < -0.3 is 0 Å². The molecule has 0 aliphatic rings. The van der Waals surface area contributed by atoms with Gasteiger partial charge in [-0.15, -0.1) is 0 Å². The monoisotopic (exact) mass is 243 g/mol. The van der Waals surface area contributed by atoms with Crippen LogP contribution in [-0.4, -0.2) is 0 Å². The van der Waals surface area contributed by atoms with Crippen LogP contribution in [0.25, 0.3) is 0 Å². The normalized spacial score (nSPS) is 11.8. The highest BCUT2D eigenvalue weighted by Crippen LogP contribution is 2.30. The van der Waals surface area contributed by atoms with Crippen molar-refractivity contribution in [2.24, 2.45) is 5.90 Å². The van der Waals surface area contributed by atoms with Crippen LogP contribution in [-0.2, 0) is 10.4 Å². The van der Waals surface area contributed by atoms with E-state index in [1.54, 1.807) is 0 Å². The number of halogens is 1. The van der Waals surface area contributed by atoms with E-state index in [0.29, 0.717) is 0 Å². The molecule has 2 N–H and O–H groups in total. The summed E-state index contributed by atoms with van der Waals surface area (Å²) in [6.45, 7) is 5.92. The summed E-state index contributed by atoms with van der Waals surface area (Å²) in [7, 11) is 0. The van der Waals surface area contributed by atoms with Crippen molar-refractivity contribution in [2.75, 3.05) is 0 Å². The molecule has 13 heavy (non-hydrogen) atoms. The molecule has 1 rings (SSSR count). The Balaban J connectivity index is 3.20. The van der Waals surface area contributed by atoms with Crippen LogP contribution in [0.2, 0.25) is 0 Å². The maximum atomic E-state index is 5.24. The van der Waals surface area contributed by atoms with Crippen LogP contribution in [0.3, 0.4) is 0 Å². The molecule has 0 saturated heterocycles. The Morgan fingerprint density at radius 1 is 1.38 bits per heavy atom. The highest BCUT2D eigenvalue weighted by atomic mass is 79.9. The predicted molar refractivity (Wildman–Crippen MR) is 57.2 cm³/mol. The molecule has 0 fully saturated rings. The van der Waals surface area contributed by atoms with Crippen LogP contribution in [0.5, 0.6) is 0 Å². The standard InChI is InChI=1S/C10H14BrNO/c1-7-4-5-9(11)8(6-7)10(2,3)13-12/h4-6H,12H2,1-3H3. The summed E-state index contributed by atoms with van der Waals surface area (Å²) in [5.41, 5.74) is 1.81. The largest absolute Gasteiger partial charge is 0.294 e. The second-order valence-corrected chi connectivity index (χ2v) is 4.47. The second-order valence-electron chi connectivity index (χ2n) is 3.61. The quantitative estimate of drug-likeness (QED) is 0.812. The van der Waals surface area contributed by atoms with Gasteiger partial charge in [0.15, 0.2) is 0 Å². The van der Waals surface area contributed by atoms with Gasteiger partial charge in [-0.25, -0.2) is 5.90 Å². The molecule has 0 atom stereocenters. The molecule has 0 aliphatic carbocycles. The third-order valence-corrected chi connectivity index (χ3v) is 2.76. The first-order chi connectivity index (χ1) is 5.97. The maximum absolute atomic E-state index is 5.24. The van der Waals surface area contributed by atoms with E-state index < -0.39 is 5.60 Å². The van der Waals surface area contributed by atoms with Crippen LogP contribution >= 0.6 is 15.9 Å². The summed E-state index contributed by atoms with van der Waals surface area (Å²) in [5.74, 6) is 5.24. The average molecular weight is 244 g/mol. The van der Waals surface area contributed by atoms with Crippen LogP contribution in [0.15, 0.2) is 22.7 Å². The molecule has 3 heteroatoms. The smallest absolute Gasteiger partial charge is 0.110 e. The fourth-order valence-corrected chi connectivity index (χ4v) is 1.89. The van der Waals surface area contributed by atoms with Gasteiger partial charge >= 0.3 is 0 Å². The van der Waals surface area contributed by atoms with Gasteiger partial charge in [-0.05, 0) is 32.4 Å². The fraction of sp³-hybridized carbons (Fsp3) is 0.400. The van der Waals surface area contributed by atoms with Crippen molar-refractivity contribution in [2.45, 2.75) is 26.4 Å². The number of benzene rings is 1. The summed E-state index contributed by atoms with van der Waals surface area (Å²) in [5, 5.41) is 0. The molecule has 0 amide bonds. The predicted octanol–water partition coefficient (Wildman–Crippen LogP) is 2.88. The Hall–Kier alpha value is -0.380. The van der Waals surface area contributed by atoms with Crippen molar-refractivity contribution >= 4 is 15.9 Å². The molecule has 0 heterocycles. The van der Waals surface area contributed by atoms with E-state index in [4.69, 9.17) is 10.7 Å².